The van der Waals surface area contributed by atoms with Gasteiger partial charge in [0.2, 0.25) is 0 Å². The third-order valence-corrected chi connectivity index (χ3v) is 6.30. The number of fused-ring (bicyclic) bond motifs is 4. The van der Waals surface area contributed by atoms with Crippen molar-refractivity contribution in [3.05, 3.63) is 88.3 Å². The van der Waals surface area contributed by atoms with Crippen molar-refractivity contribution in [2.45, 2.75) is 25.2 Å². The highest BCUT2D eigenvalue weighted by atomic mass is 19.4. The summed E-state index contributed by atoms with van der Waals surface area (Å²) < 4.78 is 43.3. The van der Waals surface area contributed by atoms with Crippen LogP contribution < -0.4 is 10.3 Å². The molecule has 1 saturated heterocycles. The molecule has 1 aromatic heterocycles. The van der Waals surface area contributed by atoms with E-state index in [4.69, 9.17) is 0 Å². The van der Waals surface area contributed by atoms with Gasteiger partial charge in [0.25, 0.3) is 11.5 Å². The standard InChI is InChI=1S/C25H21F3N2O3/c26-25(27,28)33-20-8-6-17(7-9-20)21-10-11-22(31)30-14-16-12-19(23(21)30)15-29(13-16)24(32)18-4-2-1-3-5-18/h1-11,16,19H,12-15H2/t16-,19+/m0/s1. The number of hydrogen-bond donors (Lipinski definition) is 0. The van der Waals surface area contributed by atoms with E-state index in [1.165, 1.54) is 18.2 Å². The fraction of sp³-hybridized carbons (Fsp3) is 0.280. The normalized spacial score (nSPS) is 19.7. The van der Waals surface area contributed by atoms with E-state index >= 15 is 0 Å². The number of benzene rings is 2. The van der Waals surface area contributed by atoms with Crippen LogP contribution in [0.3, 0.4) is 0 Å². The minimum Gasteiger partial charge on any atom is -0.406 e. The molecule has 2 aromatic carbocycles. The average molecular weight is 454 g/mol. The lowest BCUT2D eigenvalue weighted by molar-refractivity contribution is -0.274. The Kier molecular flexibility index (Phi) is 5.23. The van der Waals surface area contributed by atoms with Crippen molar-refractivity contribution in [2.75, 3.05) is 13.1 Å². The van der Waals surface area contributed by atoms with Gasteiger partial charge in [0.05, 0.1) is 0 Å². The first-order valence-electron chi connectivity index (χ1n) is 10.7. The molecule has 2 atom stereocenters. The van der Waals surface area contributed by atoms with Crippen molar-refractivity contribution in [3.63, 3.8) is 0 Å². The summed E-state index contributed by atoms with van der Waals surface area (Å²) in [7, 11) is 0. The van der Waals surface area contributed by atoms with Gasteiger partial charge < -0.3 is 14.2 Å². The molecule has 1 amide bonds. The summed E-state index contributed by atoms with van der Waals surface area (Å²) >= 11 is 0. The van der Waals surface area contributed by atoms with Crippen LogP contribution in [0.5, 0.6) is 5.75 Å². The number of ether oxygens (including phenoxy) is 1. The Morgan fingerprint density at radius 3 is 2.33 bits per heavy atom. The number of nitrogens with zero attached hydrogens (tertiary/aromatic N) is 2. The topological polar surface area (TPSA) is 51.5 Å². The number of halogens is 3. The summed E-state index contributed by atoms with van der Waals surface area (Å²) in [4.78, 5) is 27.6. The van der Waals surface area contributed by atoms with Crippen LogP contribution in [0.2, 0.25) is 0 Å². The van der Waals surface area contributed by atoms with Crippen LogP contribution in [0, 0.1) is 5.92 Å². The van der Waals surface area contributed by atoms with Gasteiger partial charge >= 0.3 is 6.36 Å². The molecule has 0 N–H and O–H groups in total. The molecule has 0 radical (unpaired) electrons. The number of piperidine rings is 1. The molecule has 8 heteroatoms. The van der Waals surface area contributed by atoms with Crippen molar-refractivity contribution in [3.8, 4) is 16.9 Å². The lowest BCUT2D eigenvalue weighted by atomic mass is 9.80. The van der Waals surface area contributed by atoms with Gasteiger partial charge in [-0.1, -0.05) is 30.3 Å². The van der Waals surface area contributed by atoms with E-state index in [1.54, 1.807) is 34.9 Å². The van der Waals surface area contributed by atoms with Crippen LogP contribution in [0.4, 0.5) is 13.2 Å². The number of aromatic nitrogens is 1. The molecular formula is C25H21F3N2O3. The number of pyridine rings is 1. The first kappa shape index (κ1) is 21.3. The third-order valence-electron chi connectivity index (χ3n) is 6.30. The zero-order valence-electron chi connectivity index (χ0n) is 17.6. The summed E-state index contributed by atoms with van der Waals surface area (Å²) in [5.41, 5.74) is 2.82. The van der Waals surface area contributed by atoms with Gasteiger partial charge in [0.15, 0.2) is 0 Å². The van der Waals surface area contributed by atoms with E-state index in [-0.39, 0.29) is 29.1 Å². The second-order valence-corrected chi connectivity index (χ2v) is 8.53. The molecule has 0 saturated carbocycles. The number of alkyl halides is 3. The van der Waals surface area contributed by atoms with Crippen LogP contribution in [0.25, 0.3) is 11.1 Å². The molecule has 0 aliphatic carbocycles. The summed E-state index contributed by atoms with van der Waals surface area (Å²) in [6, 6.07) is 18.0. The lowest BCUT2D eigenvalue weighted by Gasteiger charge is -2.43. The Balaban J connectivity index is 1.48. The SMILES string of the molecule is O=C(c1ccccc1)N1C[C@@H]2C[C@H](C1)c1c(-c3ccc(OC(F)(F)F)cc3)ccc(=O)n1C2. The molecular weight excluding hydrogens is 433 g/mol. The van der Waals surface area contributed by atoms with Crippen molar-refractivity contribution >= 4 is 5.91 Å². The first-order chi connectivity index (χ1) is 15.8. The molecule has 2 bridgehead atoms. The summed E-state index contributed by atoms with van der Waals surface area (Å²) in [5, 5.41) is 0. The molecule has 0 unspecified atom stereocenters. The van der Waals surface area contributed by atoms with Crippen molar-refractivity contribution in [1.29, 1.82) is 0 Å². The number of likely N-dealkylation sites (tertiary alicyclic amines) is 1. The minimum absolute atomic E-state index is 0.0350. The number of hydrogen-bond acceptors (Lipinski definition) is 3. The maximum atomic E-state index is 13.1. The molecule has 170 valence electrons. The average Bonchev–Trinajstić information content (AvgIpc) is 2.79. The third kappa shape index (κ3) is 4.25. The van der Waals surface area contributed by atoms with Crippen molar-refractivity contribution in [1.82, 2.24) is 9.47 Å². The predicted molar refractivity (Wildman–Crippen MR) is 116 cm³/mol. The van der Waals surface area contributed by atoms with Gasteiger partial charge in [-0.15, -0.1) is 13.2 Å². The quantitative estimate of drug-likeness (QED) is 0.578. The maximum Gasteiger partial charge on any atom is 0.573 e. The molecule has 5 rings (SSSR count). The van der Waals surface area contributed by atoms with E-state index in [9.17, 15) is 22.8 Å². The molecule has 0 spiro atoms. The van der Waals surface area contributed by atoms with Gasteiger partial charge in [-0.2, -0.15) is 0 Å². The Hall–Kier alpha value is -3.55. The molecule has 2 aliphatic rings. The van der Waals surface area contributed by atoms with Crippen LogP contribution in [-0.2, 0) is 6.54 Å². The Morgan fingerprint density at radius 1 is 0.909 bits per heavy atom. The number of carbonyl (C=O) groups is 1. The van der Waals surface area contributed by atoms with Gasteiger partial charge in [-0.3, -0.25) is 9.59 Å². The fourth-order valence-corrected chi connectivity index (χ4v) is 5.02. The minimum atomic E-state index is -4.76. The molecule has 1 fully saturated rings. The zero-order valence-corrected chi connectivity index (χ0v) is 17.6. The first-order valence-corrected chi connectivity index (χ1v) is 10.7. The number of carbonyl (C=O) groups excluding carboxylic acids is 1. The van der Waals surface area contributed by atoms with E-state index < -0.39 is 6.36 Å². The van der Waals surface area contributed by atoms with Crippen molar-refractivity contribution in [2.24, 2.45) is 5.92 Å². The number of rotatable bonds is 3. The monoisotopic (exact) mass is 454 g/mol. The highest BCUT2D eigenvalue weighted by Gasteiger charge is 2.38. The Labute approximate surface area is 188 Å². The predicted octanol–water partition coefficient (Wildman–Crippen LogP) is 4.67. The van der Waals surface area contributed by atoms with Gasteiger partial charge in [-0.25, -0.2) is 0 Å². The highest BCUT2D eigenvalue weighted by molar-refractivity contribution is 5.94. The van der Waals surface area contributed by atoms with E-state index in [0.29, 0.717) is 30.8 Å². The van der Waals surface area contributed by atoms with Crippen LogP contribution >= 0.6 is 0 Å². The lowest BCUT2D eigenvalue weighted by Crippen LogP contribution is -2.49. The van der Waals surface area contributed by atoms with Crippen LogP contribution in [0.15, 0.2) is 71.5 Å². The Bertz CT molecular complexity index is 1240. The zero-order chi connectivity index (χ0) is 23.2. The summed E-state index contributed by atoms with van der Waals surface area (Å²) in [5.74, 6) is -0.211. The second kappa shape index (κ2) is 8.10. The highest BCUT2D eigenvalue weighted by Crippen LogP contribution is 2.40. The largest absolute Gasteiger partial charge is 0.573 e. The maximum absolute atomic E-state index is 13.1. The smallest absolute Gasteiger partial charge is 0.406 e. The molecule has 2 aliphatic heterocycles. The van der Waals surface area contributed by atoms with Gasteiger partial charge in [0.1, 0.15) is 5.75 Å². The van der Waals surface area contributed by atoms with Crippen molar-refractivity contribution < 1.29 is 22.7 Å². The van der Waals surface area contributed by atoms with E-state index in [1.807, 2.05) is 23.1 Å². The molecule has 33 heavy (non-hydrogen) atoms. The van der Waals surface area contributed by atoms with Crippen LogP contribution in [-0.4, -0.2) is 34.8 Å². The molecule has 3 aromatic rings. The summed E-state index contributed by atoms with van der Waals surface area (Å²) in [6.07, 6.45) is -3.91. The fourth-order valence-electron chi connectivity index (χ4n) is 5.02. The van der Waals surface area contributed by atoms with Gasteiger partial charge in [-0.05, 0) is 48.2 Å². The van der Waals surface area contributed by atoms with Gasteiger partial charge in [0, 0.05) is 48.4 Å². The van der Waals surface area contributed by atoms with E-state index in [2.05, 4.69) is 4.74 Å². The molecule has 3 heterocycles. The number of amides is 1. The van der Waals surface area contributed by atoms with Crippen LogP contribution in [0.1, 0.15) is 28.4 Å². The Morgan fingerprint density at radius 2 is 1.64 bits per heavy atom. The second-order valence-electron chi connectivity index (χ2n) is 8.53. The molecule has 5 nitrogen and oxygen atoms in total. The van der Waals surface area contributed by atoms with E-state index in [0.717, 1.165) is 17.7 Å². The summed E-state index contributed by atoms with van der Waals surface area (Å²) in [6.45, 7) is 1.58.